The van der Waals surface area contributed by atoms with Gasteiger partial charge in [0.2, 0.25) is 0 Å². The Bertz CT molecular complexity index is 3130. The van der Waals surface area contributed by atoms with Crippen LogP contribution in [0.4, 0.5) is 0 Å². The van der Waals surface area contributed by atoms with Crippen molar-refractivity contribution >= 4 is 101 Å². The molecule has 7 aromatic rings. The highest BCUT2D eigenvalue weighted by Crippen LogP contribution is 2.52. The maximum atomic E-state index is 9.79. The second-order valence-electron chi connectivity index (χ2n) is 24.0. The van der Waals surface area contributed by atoms with Gasteiger partial charge in [-0.25, -0.2) is 0 Å². The van der Waals surface area contributed by atoms with Crippen LogP contribution in [0.15, 0.2) is 47.5 Å². The van der Waals surface area contributed by atoms with E-state index in [1.165, 1.54) is 261 Å². The maximum Gasteiger partial charge on any atom is 0.131 e. The molecular weight excluding hydrogens is 1150 g/mol. The van der Waals surface area contributed by atoms with E-state index in [1.807, 2.05) is 45.3 Å². The number of hydrogen-bond donors (Lipinski definition) is 0. The van der Waals surface area contributed by atoms with Crippen molar-refractivity contribution in [3.63, 3.8) is 0 Å². The maximum absolute atomic E-state index is 9.79. The van der Waals surface area contributed by atoms with Crippen LogP contribution < -0.4 is 0 Å². The minimum absolute atomic E-state index is 0.159. The molecule has 0 spiro atoms. The van der Waals surface area contributed by atoms with Crippen LogP contribution >= 0.6 is 68.0 Å². The zero-order valence-corrected chi connectivity index (χ0v) is 57.5. The van der Waals surface area contributed by atoms with Crippen molar-refractivity contribution in [1.29, 1.82) is 21.0 Å². The highest BCUT2D eigenvalue weighted by atomic mass is 32.1. The summed E-state index contributed by atoms with van der Waals surface area (Å²) in [5.41, 5.74) is 8.74. The predicted octanol–water partition coefficient (Wildman–Crippen LogP) is 26.3. The third-order valence-corrected chi connectivity index (χ3v) is 24.7. The zero-order valence-electron chi connectivity index (χ0n) is 52.6. The molecule has 0 saturated heterocycles. The molecule has 454 valence electrons. The van der Waals surface area contributed by atoms with Crippen molar-refractivity contribution < 1.29 is 0 Å². The molecule has 7 aromatic heterocycles. The largest absolute Gasteiger partial charge is 0.339 e. The van der Waals surface area contributed by atoms with Crippen LogP contribution in [0.2, 0.25) is 0 Å². The van der Waals surface area contributed by atoms with Crippen LogP contribution in [0.1, 0.15) is 266 Å². The Morgan fingerprint density at radius 3 is 1.00 bits per heavy atom. The van der Waals surface area contributed by atoms with E-state index in [1.54, 1.807) is 34.8 Å². The second-order valence-corrected chi connectivity index (χ2v) is 30.4. The summed E-state index contributed by atoms with van der Waals surface area (Å²) in [6.07, 6.45) is 45.5. The lowest BCUT2D eigenvalue weighted by molar-refractivity contribution is 0.364. The van der Waals surface area contributed by atoms with Crippen LogP contribution in [-0.2, 0) is 32.2 Å². The fourth-order valence-corrected chi connectivity index (χ4v) is 19.9. The molecule has 7 rings (SSSR count). The Labute approximate surface area is 537 Å². The number of rotatable bonds is 42. The van der Waals surface area contributed by atoms with Gasteiger partial charge in [0.1, 0.15) is 35.4 Å². The summed E-state index contributed by atoms with van der Waals surface area (Å²) in [4.78, 5) is 12.9. The molecule has 0 aliphatic carbocycles. The molecule has 11 heteroatoms. The predicted molar refractivity (Wildman–Crippen MR) is 378 cm³/mol. The summed E-state index contributed by atoms with van der Waals surface area (Å²) in [6.45, 7) is 14.9. The van der Waals surface area contributed by atoms with E-state index in [-0.39, 0.29) is 11.1 Å². The highest BCUT2D eigenvalue weighted by molar-refractivity contribution is 7.33. The van der Waals surface area contributed by atoms with Gasteiger partial charge in [0.15, 0.2) is 0 Å². The van der Waals surface area contributed by atoms with E-state index in [9.17, 15) is 21.0 Å². The van der Waals surface area contributed by atoms with Gasteiger partial charge in [-0.05, 0) is 141 Å². The van der Waals surface area contributed by atoms with Crippen LogP contribution in [0, 0.1) is 51.2 Å². The van der Waals surface area contributed by atoms with Crippen LogP contribution in [-0.4, -0.2) is 4.57 Å². The van der Waals surface area contributed by atoms with Crippen molar-refractivity contribution in [3.05, 3.63) is 79.6 Å². The number of nitriles is 4. The lowest BCUT2D eigenvalue weighted by Crippen LogP contribution is -2.11. The normalized spacial score (nSPS) is 11.5. The molecule has 0 amide bonds. The standard InChI is InChI=1S/C74H97N5S6/c1-7-13-19-25-27-29-35-54(36-30-28-26-20-14-8-2)53-79-63-47-67(71-59(39-33-23-17-11-5)45-65(82-71)69-57(37-31-21-15-9-3)43-61(80-69)41-55(49-75)50-76)84-73(63)74-64(79)48-68(85-74)72-60(40-34-24-18-12-6)46-66(83-72)70-58(38-32-22-16-10-4)44-62(81-70)42-56(51-77)52-78/h41-48,54H,7-40,53H2,1-6H3. The first-order valence-electron chi connectivity index (χ1n) is 33.4. The third-order valence-electron chi connectivity index (χ3n) is 17.0. The van der Waals surface area contributed by atoms with Crippen molar-refractivity contribution in [3.8, 4) is 63.3 Å². The van der Waals surface area contributed by atoms with Gasteiger partial charge in [-0.1, -0.05) is 196 Å². The molecule has 85 heavy (non-hydrogen) atoms. The average Bonchev–Trinajstić information content (AvgIpc) is 3.08. The number of nitrogens with zero attached hydrogens (tertiary/aromatic N) is 5. The lowest BCUT2D eigenvalue weighted by Gasteiger charge is -2.19. The second kappa shape index (κ2) is 37.3. The summed E-state index contributed by atoms with van der Waals surface area (Å²) in [5, 5.41) is 39.1. The Morgan fingerprint density at radius 1 is 0.365 bits per heavy atom. The van der Waals surface area contributed by atoms with Crippen molar-refractivity contribution in [2.45, 2.75) is 266 Å². The number of aryl methyl sites for hydroxylation is 4. The smallest absolute Gasteiger partial charge is 0.131 e. The lowest BCUT2D eigenvalue weighted by atomic mass is 9.93. The first-order chi connectivity index (χ1) is 41.7. The summed E-state index contributed by atoms with van der Waals surface area (Å²) in [6, 6.07) is 23.3. The molecular formula is C74H97N5S6. The first kappa shape index (κ1) is 67.9. The Kier molecular flexibility index (Phi) is 29.8. The van der Waals surface area contributed by atoms with E-state index in [0.29, 0.717) is 5.92 Å². The molecule has 0 bridgehead atoms. The van der Waals surface area contributed by atoms with E-state index in [4.69, 9.17) is 0 Å². The first-order valence-corrected chi connectivity index (χ1v) is 38.3. The Morgan fingerprint density at radius 2 is 0.659 bits per heavy atom. The molecule has 0 aromatic carbocycles. The number of aromatic nitrogens is 1. The van der Waals surface area contributed by atoms with Crippen molar-refractivity contribution in [1.82, 2.24) is 4.57 Å². The molecule has 0 N–H and O–H groups in total. The summed E-state index contributed by atoms with van der Waals surface area (Å²) >= 11 is 11.5. The van der Waals surface area contributed by atoms with Crippen LogP contribution in [0.3, 0.4) is 0 Å². The molecule has 7 heterocycles. The van der Waals surface area contributed by atoms with E-state index >= 15 is 0 Å². The number of fused-ring (bicyclic) bond motifs is 3. The monoisotopic (exact) mass is 1250 g/mol. The molecule has 0 saturated carbocycles. The van der Waals surface area contributed by atoms with Gasteiger partial charge in [-0.3, -0.25) is 0 Å². The van der Waals surface area contributed by atoms with E-state index < -0.39 is 0 Å². The Hall–Kier alpha value is -4.56. The van der Waals surface area contributed by atoms with Crippen molar-refractivity contribution in [2.75, 3.05) is 0 Å². The summed E-state index contributed by atoms with van der Waals surface area (Å²) in [5.74, 6) is 0.619. The van der Waals surface area contributed by atoms with Gasteiger partial charge in [0.25, 0.3) is 0 Å². The Balaban J connectivity index is 1.39. The van der Waals surface area contributed by atoms with Crippen LogP contribution in [0.25, 0.3) is 71.6 Å². The topological polar surface area (TPSA) is 100 Å². The fraction of sp³-hybridized carbons (Fsp3) is 0.568. The van der Waals surface area contributed by atoms with Crippen LogP contribution in [0.5, 0.6) is 0 Å². The highest BCUT2D eigenvalue weighted by Gasteiger charge is 2.26. The molecule has 0 fully saturated rings. The zero-order chi connectivity index (χ0) is 60.2. The minimum Gasteiger partial charge on any atom is -0.339 e. The number of allylic oxidation sites excluding steroid dienone is 2. The SMILES string of the molecule is CCCCCCCCC(CCCCCCCC)Cn1c2cc(-c3sc(-c4sc(C=C(C#N)C#N)cc4CCCCCC)cc3CCCCCC)sc2c2sc(-c3sc(-c4sc(C=C(C#N)C#N)cc4CCCCCC)cc3CCCCCC)cc21. The van der Waals surface area contributed by atoms with E-state index in [0.717, 1.165) is 54.8 Å². The van der Waals surface area contributed by atoms with Gasteiger partial charge in [-0.2, -0.15) is 21.0 Å². The van der Waals surface area contributed by atoms with Gasteiger partial charge in [-0.15, -0.1) is 68.0 Å². The minimum atomic E-state index is 0.159. The van der Waals surface area contributed by atoms with Crippen molar-refractivity contribution in [2.24, 2.45) is 5.92 Å². The van der Waals surface area contributed by atoms with Gasteiger partial charge in [0, 0.05) is 55.3 Å². The molecule has 0 radical (unpaired) electrons. The van der Waals surface area contributed by atoms with Gasteiger partial charge < -0.3 is 4.57 Å². The van der Waals surface area contributed by atoms with E-state index in [2.05, 4.69) is 107 Å². The quantitative estimate of drug-likeness (QED) is 0.0281. The number of thiophene rings is 6. The molecule has 0 aliphatic heterocycles. The average molecular weight is 1250 g/mol. The number of unbranched alkanes of at least 4 members (excludes halogenated alkanes) is 22. The summed E-state index contributed by atoms with van der Waals surface area (Å²) < 4.78 is 5.67. The fourth-order valence-electron chi connectivity index (χ4n) is 12.2. The molecule has 0 aliphatic rings. The number of hydrogen-bond acceptors (Lipinski definition) is 10. The molecule has 0 unspecified atom stereocenters. The summed E-state index contributed by atoms with van der Waals surface area (Å²) in [7, 11) is 0. The molecule has 5 nitrogen and oxygen atoms in total. The van der Waals surface area contributed by atoms with Gasteiger partial charge in [0.05, 0.1) is 20.4 Å². The van der Waals surface area contributed by atoms with Gasteiger partial charge >= 0.3 is 0 Å². The third kappa shape index (κ3) is 19.7. The molecule has 0 atom stereocenters.